The topological polar surface area (TPSA) is 111 Å². The van der Waals surface area contributed by atoms with Gasteiger partial charge in [-0.2, -0.15) is 0 Å². The molecule has 0 rings (SSSR count). The Morgan fingerprint density at radius 2 is 0.877 bits per heavy atom. The van der Waals surface area contributed by atoms with E-state index in [0.717, 1.165) is 57.8 Å². The minimum atomic E-state index is -4.65. The number of quaternary nitrogens is 1. The van der Waals surface area contributed by atoms with Gasteiger partial charge in [-0.1, -0.05) is 222 Å². The molecule has 0 bridgehead atoms. The molecule has 10 heteroatoms. The normalized spacial score (nSPS) is 14.0. The lowest BCUT2D eigenvalue weighted by Crippen LogP contribution is -2.37. The van der Waals surface area contributed by atoms with E-state index in [-0.39, 0.29) is 26.1 Å². The van der Waals surface area contributed by atoms with Gasteiger partial charge in [0.05, 0.1) is 27.7 Å². The zero-order valence-corrected chi connectivity index (χ0v) is 43.3. The van der Waals surface area contributed by atoms with Crippen LogP contribution in [-0.2, 0) is 32.7 Å². The fraction of sp³-hybridized carbons (Fsp3) is 0.745. The van der Waals surface area contributed by atoms with Crippen molar-refractivity contribution in [3.05, 3.63) is 72.9 Å². The Morgan fingerprint density at radius 1 is 0.492 bits per heavy atom. The van der Waals surface area contributed by atoms with Crippen molar-refractivity contribution in [1.29, 1.82) is 0 Å². The molecule has 2 atom stereocenters. The van der Waals surface area contributed by atoms with Crippen LogP contribution in [0.25, 0.3) is 0 Å². The van der Waals surface area contributed by atoms with Gasteiger partial charge in [0.2, 0.25) is 0 Å². The molecule has 0 amide bonds. The smallest absolute Gasteiger partial charge is 0.306 e. The van der Waals surface area contributed by atoms with Crippen LogP contribution in [0.15, 0.2) is 72.9 Å². The third kappa shape index (κ3) is 50.7. The quantitative estimate of drug-likeness (QED) is 0.0195. The summed E-state index contributed by atoms with van der Waals surface area (Å²) in [6.45, 7) is 4.05. The number of nitrogens with zero attached hydrogens (tertiary/aromatic N) is 1. The molecule has 0 aliphatic carbocycles. The van der Waals surface area contributed by atoms with Crippen molar-refractivity contribution in [2.24, 2.45) is 0 Å². The lowest BCUT2D eigenvalue weighted by molar-refractivity contribution is -0.870. The van der Waals surface area contributed by atoms with E-state index < -0.39 is 32.5 Å². The molecule has 9 nitrogen and oxygen atoms in total. The average molecular weight is 932 g/mol. The molecule has 0 aromatic heterocycles. The Labute approximate surface area is 399 Å². The molecule has 0 fully saturated rings. The SMILES string of the molecule is CC/C=C\C/C=C\C/C=C\C/C=C\C/C=C\C/C=C\CCC(=O)OC(COC(=O)CCCCCCCCCCCCCCCCCCCCCCCC)COP(=O)([O-])OCC[N+](C)(C)C. The number of unbranched alkanes of at least 4 members (excludes halogenated alkanes) is 21. The van der Waals surface area contributed by atoms with E-state index >= 15 is 0 Å². The van der Waals surface area contributed by atoms with Crippen molar-refractivity contribution in [2.45, 2.75) is 219 Å². The van der Waals surface area contributed by atoms with Crippen LogP contribution in [0.2, 0.25) is 0 Å². The minimum absolute atomic E-state index is 0.0464. The van der Waals surface area contributed by atoms with Gasteiger partial charge in [0.1, 0.15) is 19.8 Å². The Hall–Kier alpha value is -2.55. The highest BCUT2D eigenvalue weighted by molar-refractivity contribution is 7.45. The third-order valence-corrected chi connectivity index (χ3v) is 12.0. The highest BCUT2D eigenvalue weighted by Crippen LogP contribution is 2.38. The Morgan fingerprint density at radius 3 is 1.28 bits per heavy atom. The summed E-state index contributed by atoms with van der Waals surface area (Å²) in [5.74, 6) is -0.929. The number of phosphoric ester groups is 1. The number of rotatable bonds is 47. The summed E-state index contributed by atoms with van der Waals surface area (Å²) in [6.07, 6.45) is 59.6. The molecular formula is C55H98NO8P. The van der Waals surface area contributed by atoms with E-state index in [1.54, 1.807) is 0 Å². The number of likely N-dealkylation sites (N-methyl/N-ethyl adjacent to an activating group) is 1. The summed E-state index contributed by atoms with van der Waals surface area (Å²) in [4.78, 5) is 37.7. The molecule has 0 saturated carbocycles. The number of carbonyl (C=O) groups excluding carboxylic acids is 2. The largest absolute Gasteiger partial charge is 0.756 e. The number of carbonyl (C=O) groups is 2. The van der Waals surface area contributed by atoms with E-state index in [9.17, 15) is 19.0 Å². The molecule has 0 radical (unpaired) electrons. The molecule has 0 saturated heterocycles. The molecule has 0 heterocycles. The lowest BCUT2D eigenvalue weighted by atomic mass is 10.0. The van der Waals surface area contributed by atoms with Gasteiger partial charge in [-0.15, -0.1) is 0 Å². The predicted octanol–water partition coefficient (Wildman–Crippen LogP) is 15.1. The molecule has 0 spiro atoms. The van der Waals surface area contributed by atoms with Crippen LogP contribution in [0.5, 0.6) is 0 Å². The van der Waals surface area contributed by atoms with Gasteiger partial charge < -0.3 is 27.9 Å². The fourth-order valence-electron chi connectivity index (χ4n) is 6.98. The second-order valence-electron chi connectivity index (χ2n) is 18.5. The number of allylic oxidation sites excluding steroid dienone is 12. The van der Waals surface area contributed by atoms with Crippen molar-refractivity contribution in [3.8, 4) is 0 Å². The number of esters is 2. The van der Waals surface area contributed by atoms with E-state index in [1.807, 2.05) is 33.3 Å². The zero-order valence-electron chi connectivity index (χ0n) is 42.4. The van der Waals surface area contributed by atoms with Crippen LogP contribution in [0.1, 0.15) is 213 Å². The molecule has 0 aromatic rings. The molecule has 65 heavy (non-hydrogen) atoms. The highest BCUT2D eigenvalue weighted by atomic mass is 31.2. The molecule has 0 N–H and O–H groups in total. The fourth-order valence-corrected chi connectivity index (χ4v) is 7.70. The maximum atomic E-state index is 12.7. The van der Waals surface area contributed by atoms with Crippen molar-refractivity contribution in [3.63, 3.8) is 0 Å². The maximum Gasteiger partial charge on any atom is 0.306 e. The monoisotopic (exact) mass is 932 g/mol. The minimum Gasteiger partial charge on any atom is -0.756 e. The molecule has 0 aromatic carbocycles. The zero-order chi connectivity index (χ0) is 47.8. The molecule has 376 valence electrons. The van der Waals surface area contributed by atoms with Gasteiger partial charge in [0.25, 0.3) is 7.82 Å². The van der Waals surface area contributed by atoms with Crippen LogP contribution in [0.4, 0.5) is 0 Å². The van der Waals surface area contributed by atoms with Gasteiger partial charge in [-0.25, -0.2) is 0 Å². The first-order valence-corrected chi connectivity index (χ1v) is 27.6. The first kappa shape index (κ1) is 62.4. The Balaban J connectivity index is 4.32. The summed E-state index contributed by atoms with van der Waals surface area (Å²) in [7, 11) is 1.12. The van der Waals surface area contributed by atoms with E-state index in [0.29, 0.717) is 17.4 Å². The third-order valence-electron chi connectivity index (χ3n) is 11.0. The van der Waals surface area contributed by atoms with Crippen molar-refractivity contribution < 1.29 is 42.1 Å². The van der Waals surface area contributed by atoms with Gasteiger partial charge in [-0.05, 0) is 51.4 Å². The van der Waals surface area contributed by atoms with Crippen LogP contribution in [-0.4, -0.2) is 70.0 Å². The van der Waals surface area contributed by atoms with Crippen LogP contribution in [0, 0.1) is 0 Å². The average Bonchev–Trinajstić information content (AvgIpc) is 3.26. The first-order chi connectivity index (χ1) is 31.5. The second kappa shape index (κ2) is 46.6. The second-order valence-corrected chi connectivity index (χ2v) is 19.9. The van der Waals surface area contributed by atoms with E-state index in [4.69, 9.17) is 18.5 Å². The molecule has 0 aliphatic heterocycles. The van der Waals surface area contributed by atoms with Crippen molar-refractivity contribution >= 4 is 19.8 Å². The molecule has 2 unspecified atom stereocenters. The summed E-state index contributed by atoms with van der Waals surface area (Å²) < 4.78 is 34.0. The first-order valence-electron chi connectivity index (χ1n) is 26.1. The Bertz CT molecular complexity index is 1330. The van der Waals surface area contributed by atoms with Gasteiger partial charge in [0, 0.05) is 12.8 Å². The summed E-state index contributed by atoms with van der Waals surface area (Å²) in [6, 6.07) is 0. The summed E-state index contributed by atoms with van der Waals surface area (Å²) >= 11 is 0. The van der Waals surface area contributed by atoms with E-state index in [2.05, 4.69) is 74.6 Å². The maximum absolute atomic E-state index is 12.7. The number of hydrogen-bond acceptors (Lipinski definition) is 8. The van der Waals surface area contributed by atoms with Crippen molar-refractivity contribution in [2.75, 3.05) is 47.5 Å². The van der Waals surface area contributed by atoms with Crippen LogP contribution < -0.4 is 4.89 Å². The molecule has 0 aliphatic rings. The van der Waals surface area contributed by atoms with Crippen LogP contribution in [0.3, 0.4) is 0 Å². The molecular weight excluding hydrogens is 834 g/mol. The van der Waals surface area contributed by atoms with Crippen molar-refractivity contribution in [1.82, 2.24) is 0 Å². The van der Waals surface area contributed by atoms with Crippen LogP contribution >= 0.6 is 7.82 Å². The Kier molecular flexibility index (Phi) is 44.7. The number of hydrogen-bond donors (Lipinski definition) is 0. The number of phosphoric acid groups is 1. The van der Waals surface area contributed by atoms with Gasteiger partial charge in [0.15, 0.2) is 6.10 Å². The lowest BCUT2D eigenvalue weighted by Gasteiger charge is -2.28. The van der Waals surface area contributed by atoms with Gasteiger partial charge in [-0.3, -0.25) is 14.2 Å². The number of ether oxygens (including phenoxy) is 2. The summed E-state index contributed by atoms with van der Waals surface area (Å²) in [5, 5.41) is 0. The predicted molar refractivity (Wildman–Crippen MR) is 273 cm³/mol. The highest BCUT2D eigenvalue weighted by Gasteiger charge is 2.21. The van der Waals surface area contributed by atoms with Gasteiger partial charge >= 0.3 is 11.9 Å². The summed E-state index contributed by atoms with van der Waals surface area (Å²) in [5.41, 5.74) is 0. The standard InChI is InChI=1S/C55H98NO8P/c1-6-8-10-12-14-16-18-20-22-24-26-27-28-30-31-33-35-37-39-41-43-45-47-54(57)61-51-53(52-63-65(59,60)62-50-49-56(3,4)5)64-55(58)48-46-44-42-40-38-36-34-32-29-25-23-21-19-17-15-13-11-9-7-2/h9,11,15,17,21,23,29,32,36,38,42,44,53H,6-8,10,12-14,16,18-20,22,24-28,30-31,33-35,37,39-41,43,45-52H2,1-5H3/b11-9-,17-15-,23-21-,32-29-,38-36-,44-42-. The van der Waals surface area contributed by atoms with E-state index in [1.165, 1.54) is 122 Å².